The third-order valence-electron chi connectivity index (χ3n) is 3.54. The van der Waals surface area contributed by atoms with Crippen LogP contribution >= 0.6 is 11.6 Å². The van der Waals surface area contributed by atoms with E-state index in [0.717, 1.165) is 6.07 Å². The summed E-state index contributed by atoms with van der Waals surface area (Å²) in [4.78, 5) is 10.9. The third kappa shape index (κ3) is 3.35. The lowest BCUT2D eigenvalue weighted by molar-refractivity contribution is 0.0696. The molecule has 132 valence electrons. The van der Waals surface area contributed by atoms with Crippen molar-refractivity contribution in [1.82, 2.24) is 9.78 Å². The lowest BCUT2D eigenvalue weighted by atomic mass is 10.2. The van der Waals surface area contributed by atoms with E-state index in [1.807, 2.05) is 0 Å². The predicted molar refractivity (Wildman–Crippen MR) is 94.2 cm³/mol. The number of carboxylic acids is 1. The quantitative estimate of drug-likeness (QED) is 0.587. The normalized spacial score (nSPS) is 11.2. The second-order valence-corrected chi connectivity index (χ2v) is 5.79. The molecule has 0 atom stereocenters. The summed E-state index contributed by atoms with van der Waals surface area (Å²) in [6.07, 6.45) is 0. The maximum Gasteiger partial charge on any atom is 0.335 e. The van der Waals surface area contributed by atoms with Gasteiger partial charge in [-0.15, -0.1) is 10.2 Å². The summed E-state index contributed by atoms with van der Waals surface area (Å²) in [5.74, 6) is -1.75. The zero-order chi connectivity index (χ0) is 18.8. The van der Waals surface area contributed by atoms with Crippen LogP contribution in [0.1, 0.15) is 16.1 Å². The molecule has 2 aromatic carbocycles. The topological polar surface area (TPSA) is 120 Å². The molecule has 0 fully saturated rings. The summed E-state index contributed by atoms with van der Waals surface area (Å²) < 4.78 is 1.27. The van der Waals surface area contributed by atoms with Crippen LogP contribution in [0.25, 0.3) is 5.69 Å². The first-order valence-electron chi connectivity index (χ1n) is 7.39. The molecule has 0 radical (unpaired) electrons. The Bertz CT molecular complexity index is 1030. The van der Waals surface area contributed by atoms with Crippen molar-refractivity contribution in [2.24, 2.45) is 10.2 Å². The lowest BCUT2D eigenvalue weighted by Gasteiger charge is -2.03. The van der Waals surface area contributed by atoms with Gasteiger partial charge < -0.3 is 15.3 Å². The molecule has 0 aliphatic rings. The number of aryl methyl sites for hydroxylation is 1. The van der Waals surface area contributed by atoms with Crippen LogP contribution in [0.15, 0.2) is 52.7 Å². The molecule has 9 heteroatoms. The van der Waals surface area contributed by atoms with E-state index >= 15 is 0 Å². The molecule has 0 aliphatic heterocycles. The first-order valence-corrected chi connectivity index (χ1v) is 7.77. The molecule has 26 heavy (non-hydrogen) atoms. The van der Waals surface area contributed by atoms with Crippen LogP contribution in [0, 0.1) is 6.92 Å². The zero-order valence-electron chi connectivity index (χ0n) is 13.5. The fraction of sp³-hybridized carbons (Fsp3) is 0.0588. The number of aromatic carboxylic acids is 1. The molecule has 3 rings (SSSR count). The largest absolute Gasteiger partial charge is 0.506 e. The molecule has 0 amide bonds. The Hall–Kier alpha value is -3.39. The monoisotopic (exact) mass is 372 g/mol. The fourth-order valence-electron chi connectivity index (χ4n) is 2.26. The van der Waals surface area contributed by atoms with E-state index in [-0.39, 0.29) is 28.6 Å². The van der Waals surface area contributed by atoms with Crippen molar-refractivity contribution in [1.29, 1.82) is 0 Å². The van der Waals surface area contributed by atoms with Gasteiger partial charge in [0.15, 0.2) is 5.69 Å². The minimum absolute atomic E-state index is 0.0595. The molecule has 0 spiro atoms. The predicted octanol–water partition coefficient (Wildman–Crippen LogP) is 4.36. The van der Waals surface area contributed by atoms with Crippen molar-refractivity contribution in [2.45, 2.75) is 6.92 Å². The summed E-state index contributed by atoms with van der Waals surface area (Å²) in [5, 5.41) is 41.6. The van der Waals surface area contributed by atoms with Crippen LogP contribution in [-0.2, 0) is 0 Å². The van der Waals surface area contributed by atoms with Gasteiger partial charge in [-0.2, -0.15) is 9.78 Å². The van der Waals surface area contributed by atoms with Gasteiger partial charge in [0.1, 0.15) is 11.4 Å². The van der Waals surface area contributed by atoms with E-state index in [4.69, 9.17) is 16.7 Å². The number of carboxylic acid groups (broad SMARTS) is 1. The van der Waals surface area contributed by atoms with E-state index in [1.165, 1.54) is 16.8 Å². The van der Waals surface area contributed by atoms with Crippen molar-refractivity contribution < 1.29 is 20.1 Å². The minimum atomic E-state index is -1.17. The highest BCUT2D eigenvalue weighted by molar-refractivity contribution is 6.30. The van der Waals surface area contributed by atoms with Gasteiger partial charge in [-0.05, 0) is 43.3 Å². The summed E-state index contributed by atoms with van der Waals surface area (Å²) in [7, 11) is 0. The van der Waals surface area contributed by atoms with Crippen LogP contribution in [0.4, 0.5) is 11.4 Å². The fourth-order valence-corrected chi connectivity index (χ4v) is 2.44. The standard InChI is InChI=1S/C17H13ClN4O4/c1-9-15(16(24)22(21-9)12-4-2-3-11(18)8-12)20-19-13-6-5-10(17(25)26)7-14(13)23/h2-8,23-24H,1H3,(H,25,26). The Morgan fingerprint density at radius 3 is 2.58 bits per heavy atom. The molecule has 0 unspecified atom stereocenters. The van der Waals surface area contributed by atoms with Crippen LogP contribution in [0.2, 0.25) is 5.02 Å². The number of carbonyl (C=O) groups is 1. The van der Waals surface area contributed by atoms with Crippen molar-refractivity contribution in [3.63, 3.8) is 0 Å². The molecule has 1 aromatic heterocycles. The average molecular weight is 373 g/mol. The van der Waals surface area contributed by atoms with Gasteiger partial charge in [0.05, 0.1) is 16.9 Å². The van der Waals surface area contributed by atoms with E-state index in [0.29, 0.717) is 16.4 Å². The first-order chi connectivity index (χ1) is 12.4. The highest BCUT2D eigenvalue weighted by Gasteiger charge is 2.16. The van der Waals surface area contributed by atoms with Crippen LogP contribution in [-0.4, -0.2) is 31.1 Å². The second kappa shape index (κ2) is 6.85. The highest BCUT2D eigenvalue weighted by atomic mass is 35.5. The average Bonchev–Trinajstić information content (AvgIpc) is 2.88. The summed E-state index contributed by atoms with van der Waals surface area (Å²) >= 11 is 5.95. The van der Waals surface area contributed by atoms with Gasteiger partial charge in [-0.3, -0.25) is 0 Å². The highest BCUT2D eigenvalue weighted by Crippen LogP contribution is 2.35. The van der Waals surface area contributed by atoms with E-state index in [2.05, 4.69) is 15.3 Å². The Kier molecular flexibility index (Phi) is 4.59. The number of aromatic nitrogens is 2. The van der Waals surface area contributed by atoms with Crippen LogP contribution in [0.3, 0.4) is 0 Å². The van der Waals surface area contributed by atoms with Crippen molar-refractivity contribution >= 4 is 28.9 Å². The van der Waals surface area contributed by atoms with Gasteiger partial charge in [-0.25, -0.2) is 4.79 Å². The van der Waals surface area contributed by atoms with Crippen molar-refractivity contribution in [2.75, 3.05) is 0 Å². The second-order valence-electron chi connectivity index (χ2n) is 5.36. The molecule has 0 aliphatic carbocycles. The first kappa shape index (κ1) is 17.4. The van der Waals surface area contributed by atoms with Gasteiger partial charge in [0, 0.05) is 5.02 Å². The van der Waals surface area contributed by atoms with E-state index < -0.39 is 5.97 Å². The Balaban J connectivity index is 1.96. The van der Waals surface area contributed by atoms with E-state index in [1.54, 1.807) is 31.2 Å². The molecule has 1 heterocycles. The maximum atomic E-state index is 10.9. The van der Waals surface area contributed by atoms with Gasteiger partial charge in [0.2, 0.25) is 5.88 Å². The summed E-state index contributed by atoms with van der Waals surface area (Å²) in [6.45, 7) is 1.64. The molecular formula is C17H13ClN4O4. The molecule has 8 nitrogen and oxygen atoms in total. The van der Waals surface area contributed by atoms with Crippen molar-refractivity contribution in [3.05, 3.63) is 58.7 Å². The van der Waals surface area contributed by atoms with Gasteiger partial charge in [-0.1, -0.05) is 17.7 Å². The van der Waals surface area contributed by atoms with Gasteiger partial charge in [0.25, 0.3) is 0 Å². The Labute approximate surface area is 152 Å². The number of benzene rings is 2. The Morgan fingerprint density at radius 1 is 1.15 bits per heavy atom. The SMILES string of the molecule is Cc1nn(-c2cccc(Cl)c2)c(O)c1N=Nc1ccc(C(=O)O)cc1O. The third-order valence-corrected chi connectivity index (χ3v) is 3.77. The molecule has 0 saturated heterocycles. The maximum absolute atomic E-state index is 10.9. The molecule has 0 bridgehead atoms. The van der Waals surface area contributed by atoms with E-state index in [9.17, 15) is 15.0 Å². The zero-order valence-corrected chi connectivity index (χ0v) is 14.2. The number of aromatic hydroxyl groups is 2. The number of phenolic OH excluding ortho intramolecular Hbond substituents is 1. The summed E-state index contributed by atoms with van der Waals surface area (Å²) in [6, 6.07) is 10.4. The molecule has 3 N–H and O–H groups in total. The smallest absolute Gasteiger partial charge is 0.335 e. The molecular weight excluding hydrogens is 360 g/mol. The number of nitrogens with zero attached hydrogens (tertiary/aromatic N) is 4. The van der Waals surface area contributed by atoms with Crippen LogP contribution in [0.5, 0.6) is 11.6 Å². The number of hydrogen-bond donors (Lipinski definition) is 3. The lowest BCUT2D eigenvalue weighted by Crippen LogP contribution is -1.95. The number of halogens is 1. The number of azo groups is 1. The molecule has 3 aromatic rings. The number of hydrogen-bond acceptors (Lipinski definition) is 6. The number of rotatable bonds is 4. The van der Waals surface area contributed by atoms with Crippen LogP contribution < -0.4 is 0 Å². The summed E-state index contributed by atoms with van der Waals surface area (Å²) in [5.41, 5.74) is 1.06. The number of phenols is 1. The minimum Gasteiger partial charge on any atom is -0.506 e. The van der Waals surface area contributed by atoms with Crippen molar-refractivity contribution in [3.8, 4) is 17.3 Å². The Morgan fingerprint density at radius 2 is 1.92 bits per heavy atom. The molecule has 0 saturated carbocycles. The van der Waals surface area contributed by atoms with Gasteiger partial charge >= 0.3 is 5.97 Å².